The topological polar surface area (TPSA) is 55.9 Å². The highest BCUT2D eigenvalue weighted by Crippen LogP contribution is 2.23. The molecule has 1 atom stereocenters. The number of rotatable bonds is 7. The van der Waals surface area contributed by atoms with Crippen LogP contribution in [0.25, 0.3) is 0 Å². The minimum atomic E-state index is -0.227. The summed E-state index contributed by atoms with van der Waals surface area (Å²) < 4.78 is 0. The zero-order valence-electron chi connectivity index (χ0n) is 17.6. The molecule has 3 rings (SSSR count). The molecule has 0 aromatic heterocycles. The summed E-state index contributed by atoms with van der Waals surface area (Å²) in [6.07, 6.45) is 0. The lowest BCUT2D eigenvalue weighted by Gasteiger charge is -2.34. The van der Waals surface area contributed by atoms with Crippen molar-refractivity contribution in [3.63, 3.8) is 0 Å². The van der Waals surface area contributed by atoms with Gasteiger partial charge in [0, 0.05) is 45.3 Å². The van der Waals surface area contributed by atoms with Crippen LogP contribution in [0.5, 0.6) is 0 Å². The third kappa shape index (κ3) is 6.29. The van der Waals surface area contributed by atoms with Gasteiger partial charge in [-0.3, -0.25) is 19.4 Å². The van der Waals surface area contributed by atoms with Crippen LogP contribution in [0.2, 0.25) is 5.02 Å². The molecule has 1 heterocycles. The van der Waals surface area contributed by atoms with Crippen molar-refractivity contribution >= 4 is 23.4 Å². The maximum absolute atomic E-state index is 12.8. The Bertz CT molecular complexity index is 834. The van der Waals surface area contributed by atoms with Gasteiger partial charge in [0.2, 0.25) is 11.8 Å². The summed E-state index contributed by atoms with van der Waals surface area (Å²) in [7, 11) is 3.54. The monoisotopic (exact) mass is 428 g/mol. The van der Waals surface area contributed by atoms with Crippen LogP contribution in [0.3, 0.4) is 0 Å². The largest absolute Gasteiger partial charge is 0.348 e. The molecule has 0 radical (unpaired) electrons. The van der Waals surface area contributed by atoms with E-state index in [1.807, 2.05) is 54.6 Å². The van der Waals surface area contributed by atoms with E-state index >= 15 is 0 Å². The molecule has 2 amide bonds. The lowest BCUT2D eigenvalue weighted by Crippen LogP contribution is -2.51. The summed E-state index contributed by atoms with van der Waals surface area (Å²) in [6, 6.07) is 17.3. The molecule has 0 saturated carbocycles. The van der Waals surface area contributed by atoms with Crippen LogP contribution in [0.4, 0.5) is 0 Å². The van der Waals surface area contributed by atoms with Gasteiger partial charge in [-0.15, -0.1) is 0 Å². The molecule has 0 unspecified atom stereocenters. The summed E-state index contributed by atoms with van der Waals surface area (Å²) in [5.74, 6) is 0.0893. The first kappa shape index (κ1) is 22.3. The van der Waals surface area contributed by atoms with E-state index in [4.69, 9.17) is 11.6 Å². The molecule has 0 aliphatic carbocycles. The van der Waals surface area contributed by atoms with Crippen LogP contribution in [0.15, 0.2) is 54.6 Å². The number of hydrogen-bond acceptors (Lipinski definition) is 4. The Labute approximate surface area is 183 Å². The highest BCUT2D eigenvalue weighted by molar-refractivity contribution is 6.30. The van der Waals surface area contributed by atoms with Crippen LogP contribution < -0.4 is 5.32 Å². The number of carbonyl (C=O) groups excluding carboxylic acids is 2. The first-order chi connectivity index (χ1) is 14.4. The first-order valence-electron chi connectivity index (χ1n) is 10.2. The number of nitrogens with one attached hydrogen (secondary N) is 1. The zero-order valence-corrected chi connectivity index (χ0v) is 18.3. The minimum absolute atomic E-state index is 0.0170. The number of carbonyl (C=O) groups is 2. The molecule has 6 nitrogen and oxygen atoms in total. The standard InChI is InChI=1S/C23H29ClN4O2/c1-26(2)22(30)17-28-14-12-27(13-15-28)16-21(29)25-23(18-6-4-3-5-7-18)19-8-10-20(24)11-9-19/h3-11,23H,12-17H2,1-2H3,(H,25,29)/t23-/m0/s1. The fourth-order valence-corrected chi connectivity index (χ4v) is 3.63. The van der Waals surface area contributed by atoms with Gasteiger partial charge in [0.05, 0.1) is 19.1 Å². The highest BCUT2D eigenvalue weighted by atomic mass is 35.5. The van der Waals surface area contributed by atoms with E-state index in [0.29, 0.717) is 18.1 Å². The molecule has 160 valence electrons. The van der Waals surface area contributed by atoms with Crippen molar-refractivity contribution in [2.45, 2.75) is 6.04 Å². The number of piperazine rings is 1. The molecule has 2 aromatic rings. The second-order valence-corrected chi connectivity index (χ2v) is 8.24. The van der Waals surface area contributed by atoms with Gasteiger partial charge in [-0.2, -0.15) is 0 Å². The Morgan fingerprint density at radius 3 is 2.00 bits per heavy atom. The van der Waals surface area contributed by atoms with Crippen molar-refractivity contribution in [2.24, 2.45) is 0 Å². The third-order valence-electron chi connectivity index (χ3n) is 5.33. The average Bonchev–Trinajstić information content (AvgIpc) is 2.75. The van der Waals surface area contributed by atoms with Crippen LogP contribution in [0, 0.1) is 0 Å². The molecule has 30 heavy (non-hydrogen) atoms. The van der Waals surface area contributed by atoms with Gasteiger partial charge in [0.15, 0.2) is 0 Å². The maximum Gasteiger partial charge on any atom is 0.236 e. The number of amides is 2. The predicted molar refractivity (Wildman–Crippen MR) is 119 cm³/mol. The maximum atomic E-state index is 12.8. The van der Waals surface area contributed by atoms with E-state index < -0.39 is 0 Å². The van der Waals surface area contributed by atoms with E-state index in [0.717, 1.165) is 37.3 Å². The normalized spacial score (nSPS) is 16.1. The second-order valence-electron chi connectivity index (χ2n) is 7.80. The molecule has 1 N–H and O–H groups in total. The molecular weight excluding hydrogens is 400 g/mol. The van der Waals surface area contributed by atoms with E-state index in [1.165, 1.54) is 0 Å². The summed E-state index contributed by atoms with van der Waals surface area (Å²) >= 11 is 6.04. The summed E-state index contributed by atoms with van der Waals surface area (Å²) in [5.41, 5.74) is 2.02. The molecule has 2 aromatic carbocycles. The Morgan fingerprint density at radius 1 is 0.900 bits per heavy atom. The Morgan fingerprint density at radius 2 is 1.43 bits per heavy atom. The molecule has 1 aliphatic heterocycles. The van der Waals surface area contributed by atoms with Crippen molar-refractivity contribution in [1.29, 1.82) is 0 Å². The SMILES string of the molecule is CN(C)C(=O)CN1CCN(CC(=O)N[C@@H](c2ccccc2)c2ccc(Cl)cc2)CC1. The van der Waals surface area contributed by atoms with Gasteiger partial charge in [0.1, 0.15) is 0 Å². The zero-order chi connectivity index (χ0) is 21.5. The van der Waals surface area contributed by atoms with Crippen LogP contribution >= 0.6 is 11.6 Å². The van der Waals surface area contributed by atoms with Crippen molar-refractivity contribution in [3.05, 3.63) is 70.7 Å². The van der Waals surface area contributed by atoms with Crippen molar-refractivity contribution in [1.82, 2.24) is 20.0 Å². The third-order valence-corrected chi connectivity index (χ3v) is 5.58. The van der Waals surface area contributed by atoms with Gasteiger partial charge < -0.3 is 10.2 Å². The number of halogens is 1. The second kappa shape index (κ2) is 10.6. The summed E-state index contributed by atoms with van der Waals surface area (Å²) in [4.78, 5) is 30.6. The van der Waals surface area contributed by atoms with Gasteiger partial charge >= 0.3 is 0 Å². The molecule has 1 saturated heterocycles. The Kier molecular flexibility index (Phi) is 7.85. The molecule has 1 aliphatic rings. The average molecular weight is 429 g/mol. The highest BCUT2D eigenvalue weighted by Gasteiger charge is 2.23. The lowest BCUT2D eigenvalue weighted by molar-refractivity contribution is -0.131. The molecule has 0 bridgehead atoms. The minimum Gasteiger partial charge on any atom is -0.348 e. The van der Waals surface area contributed by atoms with Crippen LogP contribution in [0.1, 0.15) is 17.2 Å². The quantitative estimate of drug-likeness (QED) is 0.735. The molecule has 1 fully saturated rings. The Balaban J connectivity index is 1.58. The van der Waals surface area contributed by atoms with E-state index in [1.54, 1.807) is 19.0 Å². The fraction of sp³-hybridized carbons (Fsp3) is 0.391. The van der Waals surface area contributed by atoms with Gasteiger partial charge in [-0.25, -0.2) is 0 Å². The number of likely N-dealkylation sites (N-methyl/N-ethyl adjacent to an activating group) is 1. The summed E-state index contributed by atoms with van der Waals surface area (Å²) in [5, 5.41) is 3.85. The van der Waals surface area contributed by atoms with Gasteiger partial charge in [-0.05, 0) is 23.3 Å². The van der Waals surface area contributed by atoms with Crippen LogP contribution in [-0.2, 0) is 9.59 Å². The number of nitrogens with zero attached hydrogens (tertiary/aromatic N) is 3. The summed E-state index contributed by atoms with van der Waals surface area (Å²) in [6.45, 7) is 3.88. The fourth-order valence-electron chi connectivity index (χ4n) is 3.51. The Hall–Kier alpha value is -2.41. The molecule has 0 spiro atoms. The van der Waals surface area contributed by atoms with E-state index in [2.05, 4.69) is 15.1 Å². The smallest absolute Gasteiger partial charge is 0.236 e. The molecular formula is C23H29ClN4O2. The van der Waals surface area contributed by atoms with Crippen LogP contribution in [-0.4, -0.2) is 79.9 Å². The number of hydrogen-bond donors (Lipinski definition) is 1. The lowest BCUT2D eigenvalue weighted by atomic mass is 9.98. The first-order valence-corrected chi connectivity index (χ1v) is 10.5. The van der Waals surface area contributed by atoms with E-state index in [9.17, 15) is 9.59 Å². The van der Waals surface area contributed by atoms with Crippen molar-refractivity contribution in [2.75, 3.05) is 53.4 Å². The van der Waals surface area contributed by atoms with Gasteiger partial charge in [-0.1, -0.05) is 54.1 Å². The van der Waals surface area contributed by atoms with E-state index in [-0.39, 0.29) is 17.9 Å². The predicted octanol–water partition coefficient (Wildman–Crippen LogP) is 2.25. The number of benzene rings is 2. The van der Waals surface area contributed by atoms with Crippen molar-refractivity contribution in [3.8, 4) is 0 Å². The molecule has 7 heteroatoms. The van der Waals surface area contributed by atoms with Crippen molar-refractivity contribution < 1.29 is 9.59 Å². The van der Waals surface area contributed by atoms with Gasteiger partial charge in [0.25, 0.3) is 0 Å².